The summed E-state index contributed by atoms with van der Waals surface area (Å²) < 4.78 is 6.65. The van der Waals surface area contributed by atoms with Gasteiger partial charge in [0.15, 0.2) is 0 Å². The monoisotopic (exact) mass is 278 g/mol. The molecular formula is C11H16Cl2N2O2. The van der Waals surface area contributed by atoms with Crippen LogP contribution in [0.2, 0.25) is 10.0 Å². The Labute approximate surface area is 110 Å². The fraction of sp³-hybridized carbons (Fsp3) is 0.636. The van der Waals surface area contributed by atoms with Crippen LogP contribution in [0.15, 0.2) is 11.0 Å². The Kier molecular flexibility index (Phi) is 5.95. The van der Waals surface area contributed by atoms with Crippen LogP contribution in [0.1, 0.15) is 20.3 Å². The second-order valence-corrected chi connectivity index (χ2v) is 4.91. The van der Waals surface area contributed by atoms with Gasteiger partial charge in [0, 0.05) is 6.61 Å². The van der Waals surface area contributed by atoms with Gasteiger partial charge in [0.25, 0.3) is 5.56 Å². The number of hydrogen-bond donors (Lipinski definition) is 0. The van der Waals surface area contributed by atoms with E-state index in [0.29, 0.717) is 25.7 Å². The summed E-state index contributed by atoms with van der Waals surface area (Å²) in [4.78, 5) is 11.6. The first-order valence-electron chi connectivity index (χ1n) is 5.51. The number of halogens is 2. The van der Waals surface area contributed by atoms with Gasteiger partial charge in [-0.2, -0.15) is 5.10 Å². The van der Waals surface area contributed by atoms with Crippen molar-refractivity contribution in [2.45, 2.75) is 26.8 Å². The molecule has 1 aromatic rings. The lowest BCUT2D eigenvalue weighted by atomic mass is 10.1. The lowest BCUT2D eigenvalue weighted by Crippen LogP contribution is -2.25. The zero-order chi connectivity index (χ0) is 12.8. The van der Waals surface area contributed by atoms with Gasteiger partial charge in [-0.25, -0.2) is 4.68 Å². The maximum absolute atomic E-state index is 11.6. The highest BCUT2D eigenvalue weighted by Gasteiger charge is 2.06. The molecule has 0 atom stereocenters. The van der Waals surface area contributed by atoms with Crippen LogP contribution in [0.3, 0.4) is 0 Å². The van der Waals surface area contributed by atoms with Gasteiger partial charge in [-0.15, -0.1) is 0 Å². The Morgan fingerprint density at radius 1 is 1.41 bits per heavy atom. The second kappa shape index (κ2) is 6.99. The van der Waals surface area contributed by atoms with Crippen molar-refractivity contribution >= 4 is 23.2 Å². The summed E-state index contributed by atoms with van der Waals surface area (Å²) in [5, 5.41) is 4.06. The van der Waals surface area contributed by atoms with E-state index in [2.05, 4.69) is 18.9 Å². The molecule has 0 fully saturated rings. The van der Waals surface area contributed by atoms with Gasteiger partial charge in [-0.3, -0.25) is 4.79 Å². The van der Waals surface area contributed by atoms with Crippen LogP contribution in [0, 0.1) is 5.92 Å². The van der Waals surface area contributed by atoms with Gasteiger partial charge in [0.05, 0.1) is 24.4 Å². The molecule has 0 N–H and O–H groups in total. The first-order chi connectivity index (χ1) is 8.02. The van der Waals surface area contributed by atoms with Crippen molar-refractivity contribution in [2.75, 3.05) is 13.2 Å². The Balaban J connectivity index is 2.43. The molecule has 1 aromatic heterocycles. The van der Waals surface area contributed by atoms with Crippen LogP contribution in [0.25, 0.3) is 0 Å². The number of ether oxygens (including phenoxy) is 1. The molecule has 96 valence electrons. The maximum Gasteiger partial charge on any atom is 0.287 e. The predicted octanol–water partition coefficient (Wildman–Crippen LogP) is 2.61. The molecule has 0 unspecified atom stereocenters. The van der Waals surface area contributed by atoms with E-state index in [9.17, 15) is 4.79 Å². The lowest BCUT2D eigenvalue weighted by molar-refractivity contribution is 0.113. The van der Waals surface area contributed by atoms with E-state index in [1.165, 1.54) is 10.9 Å². The Morgan fingerprint density at radius 2 is 2.12 bits per heavy atom. The molecule has 0 saturated heterocycles. The fourth-order valence-electron chi connectivity index (χ4n) is 1.18. The first-order valence-corrected chi connectivity index (χ1v) is 6.27. The molecule has 1 heterocycles. The molecule has 1 rings (SSSR count). The van der Waals surface area contributed by atoms with Crippen molar-refractivity contribution in [2.24, 2.45) is 5.92 Å². The van der Waals surface area contributed by atoms with E-state index in [1.807, 2.05) is 0 Å². The Bertz CT molecular complexity index is 418. The van der Waals surface area contributed by atoms with Crippen molar-refractivity contribution in [3.05, 3.63) is 26.6 Å². The van der Waals surface area contributed by atoms with Crippen molar-refractivity contribution in [1.82, 2.24) is 9.78 Å². The molecule has 0 aliphatic heterocycles. The normalized spacial score (nSPS) is 11.1. The summed E-state index contributed by atoms with van der Waals surface area (Å²) in [6, 6.07) is 0. The molecular weight excluding hydrogens is 263 g/mol. The third-order valence-corrected chi connectivity index (χ3v) is 2.98. The van der Waals surface area contributed by atoms with E-state index < -0.39 is 0 Å². The van der Waals surface area contributed by atoms with Crippen molar-refractivity contribution in [1.29, 1.82) is 0 Å². The number of nitrogens with zero attached hydrogens (tertiary/aromatic N) is 2. The van der Waals surface area contributed by atoms with E-state index in [0.717, 1.165) is 6.42 Å². The average Bonchev–Trinajstić information content (AvgIpc) is 2.28. The third-order valence-electron chi connectivity index (χ3n) is 2.23. The van der Waals surface area contributed by atoms with Gasteiger partial charge >= 0.3 is 0 Å². The minimum Gasteiger partial charge on any atom is -0.380 e. The molecule has 0 bridgehead atoms. The SMILES string of the molecule is CC(C)CCOCCn1ncc(Cl)c(Cl)c1=O. The number of aromatic nitrogens is 2. The number of rotatable bonds is 6. The highest BCUT2D eigenvalue weighted by atomic mass is 35.5. The van der Waals surface area contributed by atoms with E-state index >= 15 is 0 Å². The quantitative estimate of drug-likeness (QED) is 0.752. The van der Waals surface area contributed by atoms with Gasteiger partial charge in [0.1, 0.15) is 5.02 Å². The highest BCUT2D eigenvalue weighted by Crippen LogP contribution is 2.14. The molecule has 4 nitrogen and oxygen atoms in total. The molecule has 0 amide bonds. The molecule has 0 saturated carbocycles. The van der Waals surface area contributed by atoms with Crippen LogP contribution in [0.5, 0.6) is 0 Å². The zero-order valence-corrected chi connectivity index (χ0v) is 11.5. The highest BCUT2D eigenvalue weighted by molar-refractivity contribution is 6.41. The second-order valence-electron chi connectivity index (χ2n) is 4.13. The van der Waals surface area contributed by atoms with Crippen molar-refractivity contribution < 1.29 is 4.74 Å². The largest absolute Gasteiger partial charge is 0.380 e. The topological polar surface area (TPSA) is 44.1 Å². The summed E-state index contributed by atoms with van der Waals surface area (Å²) in [6.07, 6.45) is 2.36. The maximum atomic E-state index is 11.6. The molecule has 0 aliphatic rings. The van der Waals surface area contributed by atoms with Gasteiger partial charge < -0.3 is 4.74 Å². The first kappa shape index (κ1) is 14.5. The van der Waals surface area contributed by atoms with E-state index in [1.54, 1.807) is 0 Å². The fourth-order valence-corrected chi connectivity index (χ4v) is 1.45. The third kappa shape index (κ3) is 4.66. The minimum absolute atomic E-state index is 0.00356. The van der Waals surface area contributed by atoms with Crippen molar-refractivity contribution in [3.63, 3.8) is 0 Å². The standard InChI is InChI=1S/C11H16Cl2N2O2/c1-8(2)3-5-17-6-4-15-11(16)10(13)9(12)7-14-15/h7-8H,3-6H2,1-2H3. The Hall–Kier alpha value is -0.580. The number of hydrogen-bond acceptors (Lipinski definition) is 3. The Morgan fingerprint density at radius 3 is 2.76 bits per heavy atom. The van der Waals surface area contributed by atoms with Gasteiger partial charge in [0.2, 0.25) is 0 Å². The van der Waals surface area contributed by atoms with E-state index in [4.69, 9.17) is 27.9 Å². The molecule has 0 spiro atoms. The summed E-state index contributed by atoms with van der Waals surface area (Å²) in [5.41, 5.74) is -0.383. The van der Waals surface area contributed by atoms with Crippen LogP contribution in [-0.2, 0) is 11.3 Å². The molecule has 6 heteroatoms. The van der Waals surface area contributed by atoms with Crippen LogP contribution in [0.4, 0.5) is 0 Å². The van der Waals surface area contributed by atoms with Crippen LogP contribution < -0.4 is 5.56 Å². The summed E-state index contributed by atoms with van der Waals surface area (Å²) in [7, 11) is 0. The smallest absolute Gasteiger partial charge is 0.287 e. The van der Waals surface area contributed by atoms with Crippen molar-refractivity contribution in [3.8, 4) is 0 Å². The molecule has 17 heavy (non-hydrogen) atoms. The summed E-state index contributed by atoms with van der Waals surface area (Å²) >= 11 is 11.4. The predicted molar refractivity (Wildman–Crippen MR) is 68.8 cm³/mol. The van der Waals surface area contributed by atoms with Gasteiger partial charge in [-0.1, -0.05) is 37.0 Å². The average molecular weight is 279 g/mol. The summed E-state index contributed by atoms with van der Waals surface area (Å²) in [6.45, 7) is 5.78. The lowest BCUT2D eigenvalue weighted by Gasteiger charge is -2.07. The van der Waals surface area contributed by atoms with Crippen LogP contribution in [-0.4, -0.2) is 23.0 Å². The van der Waals surface area contributed by atoms with E-state index in [-0.39, 0.29) is 15.6 Å². The molecule has 0 aromatic carbocycles. The summed E-state index contributed by atoms with van der Waals surface area (Å²) in [5.74, 6) is 0.612. The van der Waals surface area contributed by atoms with Gasteiger partial charge in [-0.05, 0) is 12.3 Å². The zero-order valence-electron chi connectivity index (χ0n) is 9.95. The molecule has 0 radical (unpaired) electrons. The van der Waals surface area contributed by atoms with Crippen LogP contribution >= 0.6 is 23.2 Å². The molecule has 0 aliphatic carbocycles. The minimum atomic E-state index is -0.383.